The van der Waals surface area contributed by atoms with Crippen LogP contribution in [0.15, 0.2) is 54.6 Å². The van der Waals surface area contributed by atoms with Crippen LogP contribution in [-0.2, 0) is 15.8 Å². The van der Waals surface area contributed by atoms with Gasteiger partial charge in [-0.3, -0.25) is 4.79 Å². The van der Waals surface area contributed by atoms with E-state index in [4.69, 9.17) is 0 Å². The van der Waals surface area contributed by atoms with Gasteiger partial charge in [-0.1, -0.05) is 30.3 Å². The number of amides is 1. The minimum absolute atomic E-state index is 0. The first kappa shape index (κ1) is 27.6. The number of anilines is 1. The van der Waals surface area contributed by atoms with E-state index in [1.807, 2.05) is 0 Å². The molecule has 14 heteroatoms. The van der Waals surface area contributed by atoms with E-state index < -0.39 is 41.1 Å². The predicted molar refractivity (Wildman–Crippen MR) is 125 cm³/mol. The van der Waals surface area contributed by atoms with E-state index in [-0.39, 0.29) is 30.0 Å². The van der Waals surface area contributed by atoms with Crippen molar-refractivity contribution in [1.82, 2.24) is 4.98 Å². The first-order valence-corrected chi connectivity index (χ1v) is 11.6. The van der Waals surface area contributed by atoms with E-state index in [2.05, 4.69) is 19.8 Å². The van der Waals surface area contributed by atoms with Gasteiger partial charge >= 0.3 is 18.6 Å². The van der Waals surface area contributed by atoms with Crippen LogP contribution in [0.5, 0.6) is 11.5 Å². The highest BCUT2D eigenvalue weighted by Crippen LogP contribution is 2.53. The maximum atomic E-state index is 13.4. The number of aryl methyl sites for hydroxylation is 1. The number of carbonyl (C=O) groups is 1. The molecule has 40 heavy (non-hydrogen) atoms. The summed E-state index contributed by atoms with van der Waals surface area (Å²) in [7, 11) is 0. The van der Waals surface area contributed by atoms with Crippen LogP contribution < -0.4 is 14.8 Å². The Hall–Kier alpha value is -3.94. The molecule has 2 aliphatic rings. The lowest BCUT2D eigenvalue weighted by molar-refractivity contribution is -0.376. The lowest BCUT2D eigenvalue weighted by Crippen LogP contribution is -2.53. The van der Waals surface area contributed by atoms with Gasteiger partial charge in [0, 0.05) is 12.6 Å². The summed E-state index contributed by atoms with van der Waals surface area (Å²) < 4.78 is 116. The molecular formula is C26H20F8N2O4. The molecule has 6 nitrogen and oxygen atoms in total. The first-order valence-electron chi connectivity index (χ1n) is 11.6. The number of aliphatic hydroxyl groups is 1. The highest BCUT2D eigenvalue weighted by molar-refractivity contribution is 6.01. The second kappa shape index (κ2) is 8.78. The van der Waals surface area contributed by atoms with Gasteiger partial charge in [-0.25, -0.2) is 4.98 Å². The Morgan fingerprint density at radius 3 is 2.23 bits per heavy atom. The molecule has 1 fully saturated rings. The van der Waals surface area contributed by atoms with Crippen molar-refractivity contribution >= 4 is 11.7 Å². The summed E-state index contributed by atoms with van der Waals surface area (Å²) in [4.78, 5) is 17.4. The number of pyridine rings is 1. The number of benzene rings is 2. The van der Waals surface area contributed by atoms with Crippen molar-refractivity contribution in [2.24, 2.45) is 0 Å². The van der Waals surface area contributed by atoms with E-state index >= 15 is 0 Å². The third kappa shape index (κ3) is 4.49. The van der Waals surface area contributed by atoms with Crippen molar-refractivity contribution in [3.8, 4) is 22.8 Å². The minimum Gasteiger partial charge on any atom is -0.395 e. The molecule has 1 amide bonds. The zero-order valence-electron chi connectivity index (χ0n) is 20.3. The monoisotopic (exact) mass is 576 g/mol. The highest BCUT2D eigenvalue weighted by atomic mass is 19.4. The summed E-state index contributed by atoms with van der Waals surface area (Å²) in [6, 6.07) is 9.96. The van der Waals surface area contributed by atoms with Gasteiger partial charge in [-0.05, 0) is 55.2 Å². The largest absolute Gasteiger partial charge is 0.586 e. The molecule has 0 bridgehead atoms. The smallest absolute Gasteiger partial charge is 0.395 e. The van der Waals surface area contributed by atoms with Crippen LogP contribution in [0, 0.1) is 6.92 Å². The molecule has 1 aromatic heterocycles. The molecule has 0 unspecified atom stereocenters. The maximum Gasteiger partial charge on any atom is 0.586 e. The van der Waals surface area contributed by atoms with Gasteiger partial charge in [0.15, 0.2) is 11.5 Å². The predicted octanol–water partition coefficient (Wildman–Crippen LogP) is 6.61. The van der Waals surface area contributed by atoms with Crippen molar-refractivity contribution in [3.05, 3.63) is 71.3 Å². The Balaban J connectivity index is 0.00000387. The van der Waals surface area contributed by atoms with Gasteiger partial charge in [0.2, 0.25) is 5.91 Å². The molecule has 2 heterocycles. The first-order chi connectivity index (χ1) is 18.5. The summed E-state index contributed by atoms with van der Waals surface area (Å²) in [6.45, 7) is 1.51. The van der Waals surface area contributed by atoms with Crippen molar-refractivity contribution in [1.29, 1.82) is 0 Å². The number of nitrogens with one attached hydrogen (secondary N) is 1. The summed E-state index contributed by atoms with van der Waals surface area (Å²) >= 11 is 0. The number of hydrogen-bond acceptors (Lipinski definition) is 5. The highest BCUT2D eigenvalue weighted by Gasteiger charge is 2.71. The summed E-state index contributed by atoms with van der Waals surface area (Å²) in [6.07, 6.45) is -15.2. The topological polar surface area (TPSA) is 80.7 Å². The number of nitrogens with zero attached hydrogens (tertiary/aromatic N) is 1. The summed E-state index contributed by atoms with van der Waals surface area (Å²) in [5.74, 6) is -1.05. The van der Waals surface area contributed by atoms with Crippen molar-refractivity contribution in [2.75, 3.05) is 5.32 Å². The Morgan fingerprint density at radius 1 is 0.950 bits per heavy atom. The van der Waals surface area contributed by atoms with E-state index in [1.54, 1.807) is 0 Å². The molecule has 3 aromatic rings. The zero-order chi connectivity index (χ0) is 29.3. The van der Waals surface area contributed by atoms with Gasteiger partial charge in [0.25, 0.3) is 5.60 Å². The van der Waals surface area contributed by atoms with Crippen LogP contribution in [0.2, 0.25) is 0 Å². The van der Waals surface area contributed by atoms with Crippen molar-refractivity contribution < 1.29 is 55.9 Å². The SMILES string of the molecule is Cc1ccc(NC(=O)C2(c3ccc4c(c3)OC(F)(F)O4)CC2)nc1-c1cccc(C(O)(C(F)(F)F)C(F)(F)F)c1.[HH]. The van der Waals surface area contributed by atoms with Crippen LogP contribution in [0.25, 0.3) is 11.3 Å². The van der Waals surface area contributed by atoms with Gasteiger partial charge in [-0.15, -0.1) is 8.78 Å². The maximum absolute atomic E-state index is 13.4. The number of hydrogen-bond donors (Lipinski definition) is 2. The van der Waals surface area contributed by atoms with Crippen LogP contribution in [0.4, 0.5) is 40.9 Å². The molecule has 1 aliphatic carbocycles. The van der Waals surface area contributed by atoms with Gasteiger partial charge in [0.1, 0.15) is 5.82 Å². The molecule has 5 rings (SSSR count). The fraction of sp³-hybridized carbons (Fsp3) is 0.308. The van der Waals surface area contributed by atoms with Crippen LogP contribution >= 0.6 is 0 Å². The third-order valence-electron chi connectivity index (χ3n) is 6.85. The van der Waals surface area contributed by atoms with E-state index in [9.17, 15) is 45.0 Å². The molecule has 214 valence electrons. The van der Waals surface area contributed by atoms with E-state index in [0.717, 1.165) is 6.07 Å². The van der Waals surface area contributed by atoms with Crippen molar-refractivity contribution in [2.45, 2.75) is 49.4 Å². The molecule has 0 atom stereocenters. The molecule has 0 radical (unpaired) electrons. The standard InChI is InChI=1S/C26H18F8N2O4.H2/c1-13-5-8-19(35-20(13)14-3-2-4-16(11-14)23(38,24(27,28)29)25(30,31)32)36-21(37)22(9-10-22)15-6-7-17-18(12-15)40-26(33,34)39-17;/h2-8,11-12,38H,9-10H2,1H3,(H,35,36,37);1H. The lowest BCUT2D eigenvalue weighted by Gasteiger charge is -2.32. The van der Waals surface area contributed by atoms with Gasteiger partial charge in [0.05, 0.1) is 11.1 Å². The Kier molecular flexibility index (Phi) is 6.06. The molecule has 0 spiro atoms. The third-order valence-corrected chi connectivity index (χ3v) is 6.85. The van der Waals surface area contributed by atoms with E-state index in [1.165, 1.54) is 43.3 Å². The molecule has 2 aromatic carbocycles. The van der Waals surface area contributed by atoms with Crippen molar-refractivity contribution in [3.63, 3.8) is 0 Å². The van der Waals surface area contributed by atoms with E-state index in [0.29, 0.717) is 36.1 Å². The molecule has 2 N–H and O–H groups in total. The second-order valence-electron chi connectivity index (χ2n) is 9.51. The van der Waals surface area contributed by atoms with Crippen LogP contribution in [-0.4, -0.2) is 34.6 Å². The number of rotatable bonds is 5. The molecular weight excluding hydrogens is 556 g/mol. The summed E-state index contributed by atoms with van der Waals surface area (Å²) in [5, 5.41) is 12.4. The van der Waals surface area contributed by atoms with Crippen LogP contribution in [0.1, 0.15) is 31.0 Å². The number of aromatic nitrogens is 1. The minimum atomic E-state index is -6.06. The Labute approximate surface area is 222 Å². The fourth-order valence-corrected chi connectivity index (χ4v) is 4.52. The Bertz CT molecular complexity index is 1490. The Morgan fingerprint density at radius 2 is 1.60 bits per heavy atom. The van der Waals surface area contributed by atoms with Gasteiger partial charge in [-0.2, -0.15) is 26.3 Å². The number of alkyl halides is 8. The fourth-order valence-electron chi connectivity index (χ4n) is 4.52. The summed E-state index contributed by atoms with van der Waals surface area (Å²) in [5.41, 5.74) is -7.15. The second-order valence-corrected chi connectivity index (χ2v) is 9.51. The average Bonchev–Trinajstić information content (AvgIpc) is 3.60. The number of carbonyl (C=O) groups excluding carboxylic acids is 1. The molecule has 1 saturated carbocycles. The molecule has 0 saturated heterocycles. The van der Waals surface area contributed by atoms with Crippen LogP contribution in [0.3, 0.4) is 0 Å². The number of ether oxygens (including phenoxy) is 2. The molecule has 1 aliphatic heterocycles. The number of fused-ring (bicyclic) bond motifs is 1. The zero-order valence-corrected chi connectivity index (χ0v) is 20.3. The number of halogens is 8. The van der Waals surface area contributed by atoms with Gasteiger partial charge < -0.3 is 19.9 Å². The lowest BCUT2D eigenvalue weighted by atomic mass is 9.90. The average molecular weight is 576 g/mol. The quantitative estimate of drug-likeness (QED) is 0.335. The normalized spacial score (nSPS) is 17.4.